The molecule has 1 aliphatic heterocycles. The highest BCUT2D eigenvalue weighted by molar-refractivity contribution is 7.89. The second kappa shape index (κ2) is 5.73. The molecule has 1 saturated heterocycles. The lowest BCUT2D eigenvalue weighted by Gasteiger charge is -2.31. The number of carboxylic acids is 1. The number of hydrogen-bond acceptors (Lipinski definition) is 5. The van der Waals surface area contributed by atoms with E-state index in [1.165, 1.54) is 16.9 Å². The average Bonchev–Trinajstić information content (AvgIpc) is 2.81. The fourth-order valence-corrected chi connectivity index (χ4v) is 4.47. The molecule has 0 amide bonds. The number of rotatable bonds is 3. The minimum absolute atomic E-state index is 0.0997. The highest BCUT2D eigenvalue weighted by atomic mass is 35.5. The van der Waals surface area contributed by atoms with Crippen molar-refractivity contribution in [2.24, 2.45) is 0 Å². The number of halogens is 1. The Hall–Kier alpha value is -1.71. The summed E-state index contributed by atoms with van der Waals surface area (Å²) in [6.45, 7) is 1.87. The molecule has 10 heteroatoms. The highest BCUT2D eigenvalue weighted by Crippen LogP contribution is 2.26. The third-order valence-corrected chi connectivity index (χ3v) is 6.20. The van der Waals surface area contributed by atoms with E-state index in [0.717, 1.165) is 4.31 Å². The number of carboxylic acid groups (broad SMARTS) is 1. The van der Waals surface area contributed by atoms with Crippen LogP contribution in [0.15, 0.2) is 17.3 Å². The van der Waals surface area contributed by atoms with Gasteiger partial charge in [0.1, 0.15) is 16.0 Å². The quantitative estimate of drug-likeness (QED) is 0.887. The molecule has 0 bridgehead atoms. The van der Waals surface area contributed by atoms with Gasteiger partial charge in [-0.1, -0.05) is 11.6 Å². The van der Waals surface area contributed by atoms with Crippen molar-refractivity contribution in [1.29, 1.82) is 0 Å². The molecule has 0 saturated carbocycles. The molecule has 2 aromatic heterocycles. The summed E-state index contributed by atoms with van der Waals surface area (Å²) in [5, 5.41) is 13.7. The Morgan fingerprint density at radius 3 is 2.87 bits per heavy atom. The topological polar surface area (TPSA) is 105 Å². The molecule has 3 rings (SSSR count). The van der Waals surface area contributed by atoms with Crippen molar-refractivity contribution in [3.8, 4) is 0 Å². The molecule has 3 heterocycles. The van der Waals surface area contributed by atoms with Gasteiger partial charge in [-0.3, -0.25) is 4.79 Å². The number of aromatic nitrogens is 3. The minimum atomic E-state index is -3.97. The van der Waals surface area contributed by atoms with Crippen molar-refractivity contribution >= 4 is 33.2 Å². The summed E-state index contributed by atoms with van der Waals surface area (Å²) in [6.07, 6.45) is 4.12. The first-order valence-electron chi connectivity index (χ1n) is 7.07. The Kier molecular flexibility index (Phi) is 4.03. The van der Waals surface area contributed by atoms with Crippen molar-refractivity contribution in [3.63, 3.8) is 0 Å². The largest absolute Gasteiger partial charge is 0.480 e. The first-order valence-corrected chi connectivity index (χ1v) is 8.89. The first-order chi connectivity index (χ1) is 10.8. The molecule has 23 heavy (non-hydrogen) atoms. The predicted molar refractivity (Wildman–Crippen MR) is 81.9 cm³/mol. The summed E-state index contributed by atoms with van der Waals surface area (Å²) in [5.74, 6) is -1.14. The molecule has 1 unspecified atom stereocenters. The van der Waals surface area contributed by atoms with Crippen LogP contribution in [-0.4, -0.2) is 51.0 Å². The SMILES string of the molecule is Cc1nn2cc(S(=O)(=O)N3CCCCC3C(=O)O)cnc2c1Cl. The third-order valence-electron chi connectivity index (χ3n) is 3.90. The van der Waals surface area contributed by atoms with Gasteiger partial charge in [0.05, 0.1) is 18.1 Å². The molecule has 0 aliphatic carbocycles. The number of carbonyl (C=O) groups is 1. The van der Waals surface area contributed by atoms with Gasteiger partial charge in [-0.25, -0.2) is 17.9 Å². The van der Waals surface area contributed by atoms with Crippen LogP contribution in [0.3, 0.4) is 0 Å². The molecule has 2 aromatic rings. The van der Waals surface area contributed by atoms with Crippen LogP contribution in [0.1, 0.15) is 25.0 Å². The smallest absolute Gasteiger partial charge is 0.322 e. The Morgan fingerprint density at radius 2 is 2.17 bits per heavy atom. The fraction of sp³-hybridized carbons (Fsp3) is 0.462. The predicted octanol–water partition coefficient (Wildman–Crippen LogP) is 1.32. The Labute approximate surface area is 137 Å². The van der Waals surface area contributed by atoms with Gasteiger partial charge in [-0.2, -0.15) is 9.40 Å². The number of fused-ring (bicyclic) bond motifs is 1. The van der Waals surface area contributed by atoms with E-state index >= 15 is 0 Å². The van der Waals surface area contributed by atoms with Crippen LogP contribution in [-0.2, 0) is 14.8 Å². The number of piperidine rings is 1. The molecule has 1 aliphatic rings. The van der Waals surface area contributed by atoms with E-state index < -0.39 is 22.0 Å². The molecule has 1 N–H and O–H groups in total. The van der Waals surface area contributed by atoms with Gasteiger partial charge in [0.2, 0.25) is 10.0 Å². The Balaban J connectivity index is 2.06. The van der Waals surface area contributed by atoms with Gasteiger partial charge in [0, 0.05) is 6.54 Å². The lowest BCUT2D eigenvalue weighted by molar-refractivity contribution is -0.142. The summed E-state index contributed by atoms with van der Waals surface area (Å²) in [6, 6.07) is -1.05. The maximum atomic E-state index is 12.8. The van der Waals surface area contributed by atoms with Gasteiger partial charge < -0.3 is 5.11 Å². The monoisotopic (exact) mass is 358 g/mol. The van der Waals surface area contributed by atoms with Crippen LogP contribution in [0, 0.1) is 6.92 Å². The van der Waals surface area contributed by atoms with Gasteiger partial charge in [-0.15, -0.1) is 0 Å². The van der Waals surface area contributed by atoms with Crippen molar-refractivity contribution in [2.45, 2.75) is 37.1 Å². The number of sulfonamides is 1. The van der Waals surface area contributed by atoms with E-state index in [4.69, 9.17) is 11.6 Å². The molecule has 0 spiro atoms. The maximum absolute atomic E-state index is 12.8. The van der Waals surface area contributed by atoms with Crippen molar-refractivity contribution in [1.82, 2.24) is 18.9 Å². The van der Waals surface area contributed by atoms with Crippen LogP contribution in [0.5, 0.6) is 0 Å². The molecular weight excluding hydrogens is 344 g/mol. The first kappa shape index (κ1) is 16.2. The molecule has 0 aromatic carbocycles. The van der Waals surface area contributed by atoms with E-state index in [0.29, 0.717) is 35.6 Å². The number of aryl methyl sites for hydroxylation is 1. The lowest BCUT2D eigenvalue weighted by atomic mass is 10.1. The lowest BCUT2D eigenvalue weighted by Crippen LogP contribution is -2.47. The third kappa shape index (κ3) is 2.68. The fourth-order valence-electron chi connectivity index (χ4n) is 2.71. The molecular formula is C13H15ClN4O4S. The number of aliphatic carboxylic acids is 1. The van der Waals surface area contributed by atoms with Crippen LogP contribution in [0.4, 0.5) is 0 Å². The highest BCUT2D eigenvalue weighted by Gasteiger charge is 2.38. The number of nitrogens with zero attached hydrogens (tertiary/aromatic N) is 4. The van der Waals surface area contributed by atoms with Crippen molar-refractivity contribution in [2.75, 3.05) is 6.54 Å². The maximum Gasteiger partial charge on any atom is 0.322 e. The summed E-state index contributed by atoms with van der Waals surface area (Å²) >= 11 is 6.04. The molecule has 1 fully saturated rings. The van der Waals surface area contributed by atoms with Gasteiger partial charge in [0.25, 0.3) is 0 Å². The molecule has 1 atom stereocenters. The molecule has 0 radical (unpaired) electrons. The second-order valence-electron chi connectivity index (χ2n) is 5.42. The standard InChI is InChI=1S/C13H15ClN4O4S/c1-8-11(14)12-15-6-9(7-17(12)16-8)23(21,22)18-5-3-2-4-10(18)13(19)20/h6-7,10H,2-5H2,1H3,(H,19,20). The van der Waals surface area contributed by atoms with Crippen LogP contribution in [0.2, 0.25) is 5.02 Å². The Morgan fingerprint density at radius 1 is 1.43 bits per heavy atom. The van der Waals surface area contributed by atoms with Gasteiger partial charge in [-0.05, 0) is 26.2 Å². The van der Waals surface area contributed by atoms with Gasteiger partial charge in [0.15, 0.2) is 5.65 Å². The summed E-state index contributed by atoms with van der Waals surface area (Å²) in [5.41, 5.74) is 0.895. The zero-order valence-electron chi connectivity index (χ0n) is 12.3. The van der Waals surface area contributed by atoms with Crippen LogP contribution in [0.25, 0.3) is 5.65 Å². The van der Waals surface area contributed by atoms with Crippen molar-refractivity contribution < 1.29 is 18.3 Å². The Bertz CT molecular complexity index is 879. The van der Waals surface area contributed by atoms with E-state index in [1.807, 2.05) is 0 Å². The second-order valence-corrected chi connectivity index (χ2v) is 7.69. The molecule has 124 valence electrons. The number of hydrogen-bond donors (Lipinski definition) is 1. The summed E-state index contributed by atoms with van der Waals surface area (Å²) in [7, 11) is -3.97. The van der Waals surface area contributed by atoms with Gasteiger partial charge >= 0.3 is 5.97 Å². The average molecular weight is 359 g/mol. The normalized spacial score (nSPS) is 20.0. The van der Waals surface area contributed by atoms with E-state index in [9.17, 15) is 18.3 Å². The zero-order chi connectivity index (χ0) is 16.8. The van der Waals surface area contributed by atoms with E-state index in [2.05, 4.69) is 10.1 Å². The van der Waals surface area contributed by atoms with Crippen LogP contribution < -0.4 is 0 Å². The molecule has 8 nitrogen and oxygen atoms in total. The van der Waals surface area contributed by atoms with Crippen molar-refractivity contribution in [3.05, 3.63) is 23.1 Å². The zero-order valence-corrected chi connectivity index (χ0v) is 13.9. The van der Waals surface area contributed by atoms with Crippen LogP contribution >= 0.6 is 11.6 Å². The van der Waals surface area contributed by atoms with E-state index in [1.54, 1.807) is 6.92 Å². The minimum Gasteiger partial charge on any atom is -0.480 e. The summed E-state index contributed by atoms with van der Waals surface area (Å²) < 4.78 is 27.9. The van der Waals surface area contributed by atoms with E-state index in [-0.39, 0.29) is 11.4 Å². The summed E-state index contributed by atoms with van der Waals surface area (Å²) in [4.78, 5) is 15.3.